The van der Waals surface area contributed by atoms with E-state index in [0.717, 1.165) is 0 Å². The van der Waals surface area contributed by atoms with Gasteiger partial charge in [0, 0.05) is 19.6 Å². The van der Waals surface area contributed by atoms with Gasteiger partial charge < -0.3 is 24.2 Å². The first kappa shape index (κ1) is 22.5. The highest BCUT2D eigenvalue weighted by Gasteiger charge is 2.24. The molecule has 12 heteroatoms. The minimum Gasteiger partial charge on any atom is -0.368 e. The van der Waals surface area contributed by atoms with Crippen LogP contribution in [0.2, 0.25) is 5.15 Å². The maximum absolute atomic E-state index is 12.7. The molecule has 2 rings (SSSR count). The van der Waals surface area contributed by atoms with Crippen molar-refractivity contribution in [3.63, 3.8) is 0 Å². The molecule has 0 amide bonds. The molecule has 10 nitrogen and oxygen atoms in total. The van der Waals surface area contributed by atoms with E-state index in [9.17, 15) is 4.57 Å². The number of halogens is 1. The lowest BCUT2D eigenvalue weighted by Crippen LogP contribution is -2.32. The molecule has 2 N–H and O–H groups in total. The van der Waals surface area contributed by atoms with Gasteiger partial charge in [0.05, 0.1) is 32.2 Å². The average Bonchev–Trinajstić information content (AvgIpc) is 3.04. The van der Waals surface area contributed by atoms with Crippen LogP contribution >= 0.6 is 19.2 Å². The van der Waals surface area contributed by atoms with Gasteiger partial charge in [0.1, 0.15) is 5.52 Å². The number of nitrogens with zero attached hydrogens (tertiary/aromatic N) is 6. The largest absolute Gasteiger partial charge is 0.368 e. The zero-order valence-electron chi connectivity index (χ0n) is 16.0. The van der Waals surface area contributed by atoms with Crippen LogP contribution in [0.1, 0.15) is 13.8 Å². The van der Waals surface area contributed by atoms with Crippen LogP contribution in [0.4, 0.5) is 5.95 Å². The highest BCUT2D eigenvalue weighted by molar-refractivity contribution is 7.53. The lowest BCUT2D eigenvalue weighted by atomic mass is 10.4. The molecular formula is C16H25ClN7O3P. The number of nitrogen functional groups attached to an aromatic ring is 1. The molecule has 2 aromatic heterocycles. The molecule has 28 heavy (non-hydrogen) atoms. The SMILES string of the molecule is [C-]#[N+]CCN(CCn1cnc2c(Cl)nc(N)nc21)CCP(=O)(OCC)OCC. The number of fused-ring (bicyclic) bond motifs is 1. The number of hydrogen-bond donors (Lipinski definition) is 1. The first-order chi connectivity index (χ1) is 13.4. The highest BCUT2D eigenvalue weighted by atomic mass is 35.5. The van der Waals surface area contributed by atoms with Crippen molar-refractivity contribution in [1.29, 1.82) is 0 Å². The fourth-order valence-corrected chi connectivity index (χ4v) is 4.56. The lowest BCUT2D eigenvalue weighted by Gasteiger charge is -2.23. The number of rotatable bonds is 12. The summed E-state index contributed by atoms with van der Waals surface area (Å²) in [5, 5.41) is 0.209. The van der Waals surface area contributed by atoms with Crippen LogP contribution < -0.4 is 5.73 Å². The zero-order chi connectivity index (χ0) is 20.6. The van der Waals surface area contributed by atoms with E-state index < -0.39 is 7.60 Å². The van der Waals surface area contributed by atoms with E-state index in [0.29, 0.717) is 57.1 Å². The Labute approximate surface area is 169 Å². The van der Waals surface area contributed by atoms with Crippen LogP contribution in [-0.4, -0.2) is 70.0 Å². The van der Waals surface area contributed by atoms with Crippen molar-refractivity contribution in [3.8, 4) is 0 Å². The fraction of sp³-hybridized carbons (Fsp3) is 0.625. The maximum atomic E-state index is 12.7. The molecule has 0 fully saturated rings. The second kappa shape index (κ2) is 10.7. The van der Waals surface area contributed by atoms with Gasteiger partial charge in [-0.2, -0.15) is 9.97 Å². The monoisotopic (exact) mass is 429 g/mol. The van der Waals surface area contributed by atoms with Crippen molar-refractivity contribution in [2.45, 2.75) is 20.4 Å². The third kappa shape index (κ3) is 6.12. The summed E-state index contributed by atoms with van der Waals surface area (Å²) in [6.45, 7) is 13.8. The highest BCUT2D eigenvalue weighted by Crippen LogP contribution is 2.47. The van der Waals surface area contributed by atoms with Crippen LogP contribution in [0, 0.1) is 6.57 Å². The molecule has 0 spiro atoms. The maximum Gasteiger partial charge on any atom is 0.331 e. The molecule has 0 bridgehead atoms. The van der Waals surface area contributed by atoms with Gasteiger partial charge in [-0.25, -0.2) is 11.6 Å². The van der Waals surface area contributed by atoms with Crippen molar-refractivity contribution in [2.24, 2.45) is 0 Å². The standard InChI is InChI=1S/C16H25ClN7O3P/c1-4-26-28(25,27-5-2)11-10-23(7-6-19-3)8-9-24-12-20-13-14(17)21-16(18)22-15(13)24/h12H,4-11H2,1-2H3,(H2,18,21,22). The van der Waals surface area contributed by atoms with E-state index in [4.69, 9.17) is 33.0 Å². The van der Waals surface area contributed by atoms with Crippen LogP contribution in [-0.2, 0) is 20.2 Å². The third-order valence-corrected chi connectivity index (χ3v) is 6.28. The Morgan fingerprint density at radius 3 is 2.64 bits per heavy atom. The van der Waals surface area contributed by atoms with E-state index in [1.807, 2.05) is 9.47 Å². The molecule has 2 heterocycles. The Kier molecular flexibility index (Phi) is 8.60. The molecule has 0 saturated carbocycles. The molecular weight excluding hydrogens is 405 g/mol. The molecule has 0 radical (unpaired) electrons. The van der Waals surface area contributed by atoms with Gasteiger partial charge in [0.2, 0.25) is 12.5 Å². The Morgan fingerprint density at radius 1 is 1.29 bits per heavy atom. The first-order valence-electron chi connectivity index (χ1n) is 9.00. The summed E-state index contributed by atoms with van der Waals surface area (Å²) in [7, 11) is -3.13. The van der Waals surface area contributed by atoms with E-state index in [-0.39, 0.29) is 17.3 Å². The summed E-state index contributed by atoms with van der Waals surface area (Å²) in [4.78, 5) is 17.8. The first-order valence-corrected chi connectivity index (χ1v) is 11.1. The second-order valence-electron chi connectivity index (χ2n) is 5.88. The van der Waals surface area contributed by atoms with Gasteiger partial charge in [0.25, 0.3) is 0 Å². The third-order valence-electron chi connectivity index (χ3n) is 3.97. The summed E-state index contributed by atoms with van der Waals surface area (Å²) in [6.07, 6.45) is 1.89. The number of imidazole rings is 1. The fourth-order valence-electron chi connectivity index (χ4n) is 2.69. The molecule has 2 aromatic rings. The van der Waals surface area contributed by atoms with E-state index in [2.05, 4.69) is 19.8 Å². The predicted molar refractivity (Wildman–Crippen MR) is 108 cm³/mol. The molecule has 0 aliphatic heterocycles. The number of aromatic nitrogens is 4. The molecule has 0 unspecified atom stereocenters. The quantitative estimate of drug-likeness (QED) is 0.311. The van der Waals surface area contributed by atoms with Gasteiger partial charge in [-0.3, -0.25) is 9.46 Å². The van der Waals surface area contributed by atoms with Crippen LogP contribution in [0.3, 0.4) is 0 Å². The summed E-state index contributed by atoms with van der Waals surface area (Å²) in [6, 6.07) is 0. The van der Waals surface area contributed by atoms with E-state index in [1.165, 1.54) is 0 Å². The smallest absolute Gasteiger partial charge is 0.331 e. The van der Waals surface area contributed by atoms with Gasteiger partial charge in [-0.05, 0) is 13.8 Å². The summed E-state index contributed by atoms with van der Waals surface area (Å²) < 4.78 is 25.2. The minimum atomic E-state index is -3.13. The number of anilines is 1. The topological polar surface area (TPSA) is 113 Å². The molecule has 154 valence electrons. The predicted octanol–water partition coefficient (Wildman–Crippen LogP) is 2.55. The molecule has 0 aliphatic carbocycles. The van der Waals surface area contributed by atoms with E-state index >= 15 is 0 Å². The summed E-state index contributed by atoms with van der Waals surface area (Å²) >= 11 is 6.06. The number of hydrogen-bond acceptors (Lipinski definition) is 8. The van der Waals surface area contributed by atoms with Crippen molar-refractivity contribution >= 4 is 36.3 Å². The zero-order valence-corrected chi connectivity index (χ0v) is 17.7. The molecule has 0 aliphatic rings. The van der Waals surface area contributed by atoms with Crippen molar-refractivity contribution in [1.82, 2.24) is 24.4 Å². The minimum absolute atomic E-state index is 0.0819. The summed E-state index contributed by atoms with van der Waals surface area (Å²) in [5.41, 5.74) is 6.72. The van der Waals surface area contributed by atoms with Crippen LogP contribution in [0.25, 0.3) is 16.0 Å². The Bertz CT molecular complexity index is 860. The number of nitrogens with two attached hydrogens (primary N) is 1. The lowest BCUT2D eigenvalue weighted by molar-refractivity contribution is 0.212. The second-order valence-corrected chi connectivity index (χ2v) is 8.42. The average molecular weight is 430 g/mol. The molecule has 0 atom stereocenters. The van der Waals surface area contributed by atoms with E-state index in [1.54, 1.807) is 20.2 Å². The van der Waals surface area contributed by atoms with Crippen molar-refractivity contribution in [2.75, 3.05) is 51.3 Å². The van der Waals surface area contributed by atoms with Crippen LogP contribution in [0.15, 0.2) is 6.33 Å². The van der Waals surface area contributed by atoms with Crippen molar-refractivity contribution < 1.29 is 13.6 Å². The van der Waals surface area contributed by atoms with Crippen molar-refractivity contribution in [3.05, 3.63) is 22.9 Å². The normalized spacial score (nSPS) is 12.0. The summed E-state index contributed by atoms with van der Waals surface area (Å²) in [5.74, 6) is 0.0819. The molecule has 0 saturated heterocycles. The van der Waals surface area contributed by atoms with Gasteiger partial charge in [-0.1, -0.05) is 11.6 Å². The Hall–Kier alpha value is -1.76. The van der Waals surface area contributed by atoms with Gasteiger partial charge in [0.15, 0.2) is 10.8 Å². The van der Waals surface area contributed by atoms with Crippen LogP contribution in [0.5, 0.6) is 0 Å². The molecule has 0 aromatic carbocycles. The van der Waals surface area contributed by atoms with Gasteiger partial charge >= 0.3 is 7.60 Å². The van der Waals surface area contributed by atoms with Gasteiger partial charge in [-0.15, -0.1) is 0 Å². The Balaban J connectivity index is 2.06. The Morgan fingerprint density at radius 2 is 2.00 bits per heavy atom.